The highest BCUT2D eigenvalue weighted by Crippen LogP contribution is 2.20. The predicted octanol–water partition coefficient (Wildman–Crippen LogP) is 3.05. The van der Waals surface area contributed by atoms with Gasteiger partial charge in [-0.3, -0.25) is 14.4 Å². The summed E-state index contributed by atoms with van der Waals surface area (Å²) in [7, 11) is 0. The summed E-state index contributed by atoms with van der Waals surface area (Å²) in [6, 6.07) is 2.63. The number of carbonyl (C=O) groups excluding carboxylic acids is 1. The van der Waals surface area contributed by atoms with E-state index in [0.29, 0.717) is 11.8 Å². The van der Waals surface area contributed by atoms with Crippen molar-refractivity contribution in [2.45, 2.75) is 59.0 Å². The Morgan fingerprint density at radius 1 is 1.45 bits per heavy atom. The molecule has 4 nitrogen and oxygen atoms in total. The van der Waals surface area contributed by atoms with Crippen LogP contribution in [0.2, 0.25) is 0 Å². The second-order valence-electron chi connectivity index (χ2n) is 5.94. The summed E-state index contributed by atoms with van der Waals surface area (Å²) in [4.78, 5) is 13.9. The van der Waals surface area contributed by atoms with Crippen molar-refractivity contribution in [1.82, 2.24) is 14.7 Å². The number of aromatic nitrogens is 2. The molecule has 1 saturated heterocycles. The van der Waals surface area contributed by atoms with Gasteiger partial charge in [-0.1, -0.05) is 13.8 Å². The fourth-order valence-electron chi connectivity index (χ4n) is 3.09. The Morgan fingerprint density at radius 3 is 2.85 bits per heavy atom. The highest BCUT2D eigenvalue weighted by molar-refractivity contribution is 5.78. The molecule has 20 heavy (non-hydrogen) atoms. The van der Waals surface area contributed by atoms with Crippen LogP contribution in [0.1, 0.15) is 58.2 Å². The second kappa shape index (κ2) is 7.02. The van der Waals surface area contributed by atoms with Gasteiger partial charge in [-0.25, -0.2) is 0 Å². The number of ketones is 1. The van der Waals surface area contributed by atoms with Crippen LogP contribution in [-0.2, 0) is 11.3 Å². The van der Waals surface area contributed by atoms with Crippen LogP contribution in [0, 0.1) is 5.92 Å². The third kappa shape index (κ3) is 3.69. The molecular weight excluding hydrogens is 250 g/mol. The number of hydrogen-bond acceptors (Lipinski definition) is 3. The molecule has 1 atom stereocenters. The number of Topliss-reactive ketones (excluding diaryl/α,β-unsaturated/α-hetero) is 1. The van der Waals surface area contributed by atoms with Crippen LogP contribution >= 0.6 is 0 Å². The van der Waals surface area contributed by atoms with E-state index in [1.165, 1.54) is 0 Å². The second-order valence-corrected chi connectivity index (χ2v) is 5.94. The smallest absolute Gasteiger partial charge is 0.134 e. The minimum Gasteiger partial charge on any atom is -0.300 e. The molecule has 1 unspecified atom stereocenters. The van der Waals surface area contributed by atoms with E-state index in [1.54, 1.807) is 6.92 Å². The summed E-state index contributed by atoms with van der Waals surface area (Å²) in [6.07, 6.45) is 6.51. The van der Waals surface area contributed by atoms with Crippen LogP contribution < -0.4 is 0 Å². The lowest BCUT2D eigenvalue weighted by atomic mass is 9.94. The van der Waals surface area contributed by atoms with Gasteiger partial charge in [0, 0.05) is 25.2 Å². The quantitative estimate of drug-likeness (QED) is 0.802. The Morgan fingerprint density at radius 2 is 2.20 bits per heavy atom. The molecule has 1 aromatic rings. The third-order valence-corrected chi connectivity index (χ3v) is 4.45. The molecule has 0 radical (unpaired) electrons. The zero-order valence-electron chi connectivity index (χ0n) is 13.0. The maximum absolute atomic E-state index is 11.5. The van der Waals surface area contributed by atoms with E-state index in [2.05, 4.69) is 35.7 Å². The topological polar surface area (TPSA) is 38.1 Å². The van der Waals surface area contributed by atoms with E-state index < -0.39 is 0 Å². The Bertz CT molecular complexity index is 437. The van der Waals surface area contributed by atoms with Crippen molar-refractivity contribution in [1.29, 1.82) is 0 Å². The molecule has 0 bridgehead atoms. The van der Waals surface area contributed by atoms with Crippen molar-refractivity contribution >= 4 is 5.78 Å². The van der Waals surface area contributed by atoms with Crippen molar-refractivity contribution in [3.05, 3.63) is 18.0 Å². The van der Waals surface area contributed by atoms with Gasteiger partial charge in [-0.2, -0.15) is 5.10 Å². The molecule has 0 amide bonds. The number of carbonyl (C=O) groups is 1. The van der Waals surface area contributed by atoms with Gasteiger partial charge in [0.2, 0.25) is 0 Å². The summed E-state index contributed by atoms with van der Waals surface area (Å²) >= 11 is 0. The molecule has 1 aliphatic heterocycles. The lowest BCUT2D eigenvalue weighted by Gasteiger charge is -2.30. The molecule has 2 rings (SSSR count). The van der Waals surface area contributed by atoms with Gasteiger partial charge in [0.25, 0.3) is 0 Å². The van der Waals surface area contributed by atoms with E-state index in [0.717, 1.165) is 51.0 Å². The predicted molar refractivity (Wildman–Crippen MR) is 80.5 cm³/mol. The van der Waals surface area contributed by atoms with Crippen molar-refractivity contribution in [3.63, 3.8) is 0 Å². The Hall–Kier alpha value is -1.16. The van der Waals surface area contributed by atoms with E-state index in [-0.39, 0.29) is 5.92 Å². The number of nitrogens with zero attached hydrogens (tertiary/aromatic N) is 3. The van der Waals surface area contributed by atoms with Gasteiger partial charge >= 0.3 is 0 Å². The average Bonchev–Trinajstić information content (AvgIpc) is 2.89. The fraction of sp³-hybridized carbons (Fsp3) is 0.750. The Balaban J connectivity index is 1.94. The molecule has 4 heteroatoms. The normalized spacial score (nSPS) is 20.5. The summed E-state index contributed by atoms with van der Waals surface area (Å²) in [5, 5.41) is 4.71. The molecule has 112 valence electrons. The maximum atomic E-state index is 11.5. The minimum absolute atomic E-state index is 0.227. The van der Waals surface area contributed by atoms with Crippen LogP contribution in [0.4, 0.5) is 0 Å². The molecule has 0 aliphatic carbocycles. The Labute approximate surface area is 122 Å². The zero-order valence-corrected chi connectivity index (χ0v) is 13.0. The van der Waals surface area contributed by atoms with E-state index in [9.17, 15) is 4.79 Å². The van der Waals surface area contributed by atoms with Crippen molar-refractivity contribution in [3.8, 4) is 0 Å². The van der Waals surface area contributed by atoms with Gasteiger partial charge in [0.05, 0.1) is 11.7 Å². The number of hydrogen-bond donors (Lipinski definition) is 0. The molecule has 0 spiro atoms. The number of rotatable bonds is 6. The van der Waals surface area contributed by atoms with E-state index in [1.807, 2.05) is 0 Å². The van der Waals surface area contributed by atoms with Gasteiger partial charge in [-0.15, -0.1) is 0 Å². The fourth-order valence-corrected chi connectivity index (χ4v) is 3.09. The summed E-state index contributed by atoms with van der Waals surface area (Å²) in [5.74, 6) is 0.558. The highest BCUT2D eigenvalue weighted by atomic mass is 16.1. The zero-order chi connectivity index (χ0) is 14.5. The van der Waals surface area contributed by atoms with Gasteiger partial charge in [0.1, 0.15) is 5.78 Å². The van der Waals surface area contributed by atoms with Crippen LogP contribution in [0.5, 0.6) is 0 Å². The first-order valence-electron chi connectivity index (χ1n) is 7.90. The van der Waals surface area contributed by atoms with Crippen LogP contribution in [0.3, 0.4) is 0 Å². The largest absolute Gasteiger partial charge is 0.300 e. The molecular formula is C16H27N3O. The van der Waals surface area contributed by atoms with Gasteiger partial charge < -0.3 is 0 Å². The molecule has 1 aliphatic rings. The first kappa shape index (κ1) is 15.2. The van der Waals surface area contributed by atoms with Crippen molar-refractivity contribution < 1.29 is 4.79 Å². The lowest BCUT2D eigenvalue weighted by molar-refractivity contribution is -0.122. The van der Waals surface area contributed by atoms with E-state index >= 15 is 0 Å². The third-order valence-electron chi connectivity index (χ3n) is 4.45. The van der Waals surface area contributed by atoms with Crippen molar-refractivity contribution in [2.24, 2.45) is 5.92 Å². The van der Waals surface area contributed by atoms with E-state index in [4.69, 9.17) is 5.10 Å². The van der Waals surface area contributed by atoms with Crippen molar-refractivity contribution in [2.75, 3.05) is 13.1 Å². The maximum Gasteiger partial charge on any atom is 0.134 e. The molecule has 0 aromatic carbocycles. The first-order chi connectivity index (χ1) is 9.63. The summed E-state index contributed by atoms with van der Waals surface area (Å²) in [5.41, 5.74) is 1.13. The van der Waals surface area contributed by atoms with Gasteiger partial charge in [-0.05, 0) is 45.2 Å². The summed E-state index contributed by atoms with van der Waals surface area (Å²) in [6.45, 7) is 8.98. The molecule has 1 fully saturated rings. The van der Waals surface area contributed by atoms with Gasteiger partial charge in [0.15, 0.2) is 0 Å². The standard InChI is InChI=1S/C16H27N3O/c1-4-16(5-2)19-10-8-15(17-19)12-18-9-6-7-14(11-18)13(3)20/h8,10,14,16H,4-7,9,11-12H2,1-3H3. The lowest BCUT2D eigenvalue weighted by Crippen LogP contribution is -2.37. The molecule has 0 saturated carbocycles. The number of likely N-dealkylation sites (tertiary alicyclic amines) is 1. The van der Waals surface area contributed by atoms with Crippen LogP contribution in [-0.4, -0.2) is 33.6 Å². The average molecular weight is 277 g/mol. The Kier molecular flexibility index (Phi) is 5.35. The molecule has 1 aromatic heterocycles. The van der Waals surface area contributed by atoms with Crippen LogP contribution in [0.15, 0.2) is 12.3 Å². The summed E-state index contributed by atoms with van der Waals surface area (Å²) < 4.78 is 2.10. The SMILES string of the molecule is CCC(CC)n1ccc(CN2CCCC(C(C)=O)C2)n1. The van der Waals surface area contributed by atoms with Crippen LogP contribution in [0.25, 0.3) is 0 Å². The number of piperidine rings is 1. The first-order valence-corrected chi connectivity index (χ1v) is 7.90. The molecule has 2 heterocycles. The highest BCUT2D eigenvalue weighted by Gasteiger charge is 2.23. The molecule has 0 N–H and O–H groups in total. The monoisotopic (exact) mass is 277 g/mol. The minimum atomic E-state index is 0.227.